The molecule has 0 atom stereocenters. The Hall–Kier alpha value is -7.20. The van der Waals surface area contributed by atoms with Crippen LogP contribution in [0.1, 0.15) is 0 Å². The number of para-hydroxylation sites is 4. The monoisotopic (exact) mass is 677 g/mol. The fourth-order valence-corrected chi connectivity index (χ4v) is 6.62. The average Bonchev–Trinajstić information content (AvgIpc) is 3.68. The molecular formula is C42H31N9O. The minimum Gasteiger partial charge on any atom is -0.506 e. The summed E-state index contributed by atoms with van der Waals surface area (Å²) in [5.41, 5.74) is 8.53. The molecule has 52 heavy (non-hydrogen) atoms. The van der Waals surface area contributed by atoms with E-state index in [4.69, 9.17) is 5.11 Å². The summed E-state index contributed by atoms with van der Waals surface area (Å²) in [6, 6.07) is 45.9. The highest BCUT2D eigenvalue weighted by molar-refractivity contribution is 6.00. The molecule has 7 aromatic carbocycles. The molecule has 0 unspecified atom stereocenters. The third kappa shape index (κ3) is 5.48. The number of hydrogen-bond donors (Lipinski definition) is 2. The van der Waals surface area contributed by atoms with Crippen LogP contribution < -0.4 is 5.32 Å². The van der Waals surface area contributed by atoms with E-state index in [9.17, 15) is 5.11 Å². The van der Waals surface area contributed by atoms with Gasteiger partial charge in [0.25, 0.3) is 0 Å². The van der Waals surface area contributed by atoms with E-state index < -0.39 is 0 Å². The molecule has 2 aromatic heterocycles. The standard InChI is InChI=1S/C42H31N9O/c1-50-36-16-7-5-14-33(36)44-41(50)48-46-39-31-13-4-3-10-26(31)19-22-35(39)43-30-12-9-11-27(25-30)28-18-21-32-29(24-28)20-23-38(52)40(32)47-49-42-45-34-15-6-8-17-37(34)51(42)2/h3-25,43,52H,1-2H3/b48-46+,49-47+. The molecule has 0 spiro atoms. The minimum absolute atomic E-state index is 0.0495. The molecular weight excluding hydrogens is 647 g/mol. The Morgan fingerprint density at radius 2 is 1.13 bits per heavy atom. The summed E-state index contributed by atoms with van der Waals surface area (Å²) >= 11 is 0. The third-order valence-electron chi connectivity index (χ3n) is 9.35. The molecule has 9 rings (SSSR count). The van der Waals surface area contributed by atoms with Crippen LogP contribution in [0.3, 0.4) is 0 Å². The Morgan fingerprint density at radius 1 is 0.519 bits per heavy atom. The summed E-state index contributed by atoms with van der Waals surface area (Å²) in [6.07, 6.45) is 0. The Labute approximate surface area is 298 Å². The van der Waals surface area contributed by atoms with Crippen molar-refractivity contribution < 1.29 is 5.11 Å². The minimum atomic E-state index is 0.0495. The second-order valence-corrected chi connectivity index (χ2v) is 12.6. The van der Waals surface area contributed by atoms with Crippen LogP contribution in [0.4, 0.5) is 34.6 Å². The molecule has 0 saturated carbocycles. The van der Waals surface area contributed by atoms with E-state index in [1.165, 1.54) is 0 Å². The first-order valence-corrected chi connectivity index (χ1v) is 16.8. The summed E-state index contributed by atoms with van der Waals surface area (Å²) in [5.74, 6) is 1.04. The zero-order valence-electron chi connectivity index (χ0n) is 28.3. The van der Waals surface area contributed by atoms with Gasteiger partial charge in [0.15, 0.2) is 0 Å². The van der Waals surface area contributed by atoms with Crippen LogP contribution in [0.25, 0.3) is 54.7 Å². The molecule has 2 N–H and O–H groups in total. The maximum atomic E-state index is 10.8. The number of aromatic hydroxyl groups is 1. The van der Waals surface area contributed by atoms with Crippen molar-refractivity contribution >= 4 is 78.3 Å². The molecule has 0 aliphatic rings. The van der Waals surface area contributed by atoms with Crippen molar-refractivity contribution in [1.29, 1.82) is 0 Å². The van der Waals surface area contributed by atoms with E-state index in [0.717, 1.165) is 71.8 Å². The van der Waals surface area contributed by atoms with Gasteiger partial charge in [-0.25, -0.2) is 9.97 Å². The molecule has 0 aliphatic carbocycles. The van der Waals surface area contributed by atoms with Crippen LogP contribution in [0.15, 0.2) is 160 Å². The Morgan fingerprint density at radius 3 is 1.87 bits per heavy atom. The van der Waals surface area contributed by atoms with Crippen molar-refractivity contribution in [2.24, 2.45) is 34.6 Å². The Bertz CT molecular complexity index is 2880. The number of imidazole rings is 2. The van der Waals surface area contributed by atoms with Gasteiger partial charge in [0.2, 0.25) is 11.9 Å². The lowest BCUT2D eigenvalue weighted by Crippen LogP contribution is -1.92. The summed E-state index contributed by atoms with van der Waals surface area (Å²) in [6.45, 7) is 0. The normalized spacial score (nSPS) is 12.0. The van der Waals surface area contributed by atoms with Gasteiger partial charge in [-0.15, -0.1) is 20.5 Å². The fourth-order valence-electron chi connectivity index (χ4n) is 6.62. The first-order valence-electron chi connectivity index (χ1n) is 16.8. The Kier molecular flexibility index (Phi) is 7.47. The number of rotatable bonds is 7. The van der Waals surface area contributed by atoms with E-state index in [1.807, 2.05) is 120 Å². The van der Waals surface area contributed by atoms with Crippen molar-refractivity contribution in [3.8, 4) is 16.9 Å². The number of azo groups is 2. The van der Waals surface area contributed by atoms with E-state index in [-0.39, 0.29) is 5.75 Å². The molecule has 0 radical (unpaired) electrons. The maximum Gasteiger partial charge on any atom is 0.250 e. The lowest BCUT2D eigenvalue weighted by Gasteiger charge is -2.13. The van der Waals surface area contributed by atoms with Crippen LogP contribution in [-0.2, 0) is 14.1 Å². The van der Waals surface area contributed by atoms with Gasteiger partial charge in [0.05, 0.1) is 27.8 Å². The zero-order valence-corrected chi connectivity index (χ0v) is 28.3. The second-order valence-electron chi connectivity index (χ2n) is 12.6. The first-order chi connectivity index (χ1) is 25.5. The van der Waals surface area contributed by atoms with Crippen LogP contribution >= 0.6 is 0 Å². The fraction of sp³-hybridized carbons (Fsp3) is 0.0476. The molecule has 10 heteroatoms. The topological polar surface area (TPSA) is 117 Å². The first kappa shape index (κ1) is 30.8. The van der Waals surface area contributed by atoms with Crippen molar-refractivity contribution in [2.75, 3.05) is 5.32 Å². The summed E-state index contributed by atoms with van der Waals surface area (Å²) in [4.78, 5) is 9.27. The number of hydrogen-bond acceptors (Lipinski definition) is 8. The van der Waals surface area contributed by atoms with E-state index in [1.54, 1.807) is 6.07 Å². The van der Waals surface area contributed by atoms with Gasteiger partial charge in [-0.1, -0.05) is 84.9 Å². The van der Waals surface area contributed by atoms with Crippen molar-refractivity contribution in [3.05, 3.63) is 140 Å². The number of phenols is 1. The van der Waals surface area contributed by atoms with Crippen molar-refractivity contribution in [3.63, 3.8) is 0 Å². The average molecular weight is 678 g/mol. The highest BCUT2D eigenvalue weighted by Crippen LogP contribution is 2.40. The van der Waals surface area contributed by atoms with E-state index >= 15 is 0 Å². The van der Waals surface area contributed by atoms with Crippen LogP contribution in [0.2, 0.25) is 0 Å². The number of benzene rings is 7. The largest absolute Gasteiger partial charge is 0.506 e. The number of phenolic OH excluding ortho intramolecular Hbond substituents is 1. The second kappa shape index (κ2) is 12.6. The molecule has 0 saturated heterocycles. The molecule has 0 fully saturated rings. The van der Waals surface area contributed by atoms with Gasteiger partial charge in [-0.3, -0.25) is 0 Å². The number of nitrogens with zero attached hydrogens (tertiary/aromatic N) is 8. The number of fused-ring (bicyclic) bond motifs is 4. The molecule has 2 heterocycles. The van der Waals surface area contributed by atoms with Gasteiger partial charge < -0.3 is 19.6 Å². The van der Waals surface area contributed by atoms with Crippen molar-refractivity contribution in [2.45, 2.75) is 0 Å². The Balaban J connectivity index is 1.04. The molecule has 0 bridgehead atoms. The van der Waals surface area contributed by atoms with Gasteiger partial charge in [0, 0.05) is 30.6 Å². The van der Waals surface area contributed by atoms with Gasteiger partial charge in [-0.05, 0) is 76.5 Å². The lowest BCUT2D eigenvalue weighted by atomic mass is 9.99. The molecule has 250 valence electrons. The maximum absolute atomic E-state index is 10.8. The zero-order chi connectivity index (χ0) is 35.2. The van der Waals surface area contributed by atoms with Crippen LogP contribution in [0, 0.1) is 0 Å². The predicted molar refractivity (Wildman–Crippen MR) is 208 cm³/mol. The van der Waals surface area contributed by atoms with Gasteiger partial charge in [0.1, 0.15) is 17.1 Å². The highest BCUT2D eigenvalue weighted by Gasteiger charge is 2.13. The summed E-state index contributed by atoms with van der Waals surface area (Å²) in [5, 5.41) is 36.4. The van der Waals surface area contributed by atoms with Gasteiger partial charge >= 0.3 is 0 Å². The van der Waals surface area contributed by atoms with E-state index in [0.29, 0.717) is 17.6 Å². The smallest absolute Gasteiger partial charge is 0.250 e. The van der Waals surface area contributed by atoms with Gasteiger partial charge in [-0.2, -0.15) is 0 Å². The highest BCUT2D eigenvalue weighted by atomic mass is 16.3. The van der Waals surface area contributed by atoms with Crippen molar-refractivity contribution in [1.82, 2.24) is 19.1 Å². The molecule has 0 amide bonds. The number of nitrogens with one attached hydrogen (secondary N) is 1. The predicted octanol–water partition coefficient (Wildman–Crippen LogP) is 11.7. The number of aromatic nitrogens is 4. The quantitative estimate of drug-likeness (QED) is 0.163. The third-order valence-corrected chi connectivity index (χ3v) is 9.35. The van der Waals surface area contributed by atoms with Crippen LogP contribution in [0.5, 0.6) is 5.75 Å². The molecule has 0 aliphatic heterocycles. The number of aryl methyl sites for hydroxylation is 2. The summed E-state index contributed by atoms with van der Waals surface area (Å²) in [7, 11) is 3.85. The van der Waals surface area contributed by atoms with Crippen LogP contribution in [-0.4, -0.2) is 24.2 Å². The number of anilines is 2. The molecule has 9 aromatic rings. The SMILES string of the molecule is Cn1c(/N=N/c2c(O)ccc3cc(-c4cccc(Nc5ccc6ccccc6c5/N=N/c5nc6ccccc6n5C)c4)ccc23)nc2ccccc21. The summed E-state index contributed by atoms with van der Waals surface area (Å²) < 4.78 is 3.82. The molecule has 10 nitrogen and oxygen atoms in total. The lowest BCUT2D eigenvalue weighted by molar-refractivity contribution is 0.477. The van der Waals surface area contributed by atoms with E-state index in [2.05, 4.69) is 67.0 Å².